The number of halogens is 3. The van der Waals surface area contributed by atoms with Gasteiger partial charge in [0.2, 0.25) is 11.8 Å². The number of hydrogen-bond acceptors (Lipinski definition) is 8. The van der Waals surface area contributed by atoms with E-state index in [0.717, 1.165) is 71.5 Å². The van der Waals surface area contributed by atoms with Crippen LogP contribution in [-0.2, 0) is 0 Å². The van der Waals surface area contributed by atoms with Crippen molar-refractivity contribution in [2.75, 3.05) is 56.6 Å². The summed E-state index contributed by atoms with van der Waals surface area (Å²) in [6.45, 7) is 15.3. The number of nitrogens with one attached hydrogen (secondary N) is 1. The zero-order valence-corrected chi connectivity index (χ0v) is 28.1. The third kappa shape index (κ3) is 8.23. The van der Waals surface area contributed by atoms with E-state index in [1.807, 2.05) is 32.9 Å². The van der Waals surface area contributed by atoms with Crippen molar-refractivity contribution in [2.24, 2.45) is 0 Å². The molecule has 2 heterocycles. The molecule has 0 unspecified atom stereocenters. The number of benzene rings is 3. The molecular formula is C36H41F3N6O3. The number of aromatic nitrogens is 2. The number of carbonyl (C=O) groups excluding carboxylic acids is 1. The van der Waals surface area contributed by atoms with Crippen LogP contribution in [0.3, 0.4) is 0 Å². The molecule has 3 aromatic carbocycles. The second-order valence-corrected chi connectivity index (χ2v) is 12.2. The van der Waals surface area contributed by atoms with Crippen molar-refractivity contribution in [3.05, 3.63) is 88.7 Å². The molecule has 1 aliphatic heterocycles. The molecule has 4 aromatic rings. The van der Waals surface area contributed by atoms with Crippen LogP contribution in [0, 0.1) is 38.2 Å². The summed E-state index contributed by atoms with van der Waals surface area (Å²) in [5.41, 5.74) is 4.37. The van der Waals surface area contributed by atoms with E-state index in [1.165, 1.54) is 25.2 Å². The Morgan fingerprint density at radius 2 is 1.67 bits per heavy atom. The maximum Gasteiger partial charge on any atom is 0.420 e. The van der Waals surface area contributed by atoms with Crippen LogP contribution in [0.2, 0.25) is 0 Å². The van der Waals surface area contributed by atoms with Crippen molar-refractivity contribution < 1.29 is 27.4 Å². The zero-order valence-electron chi connectivity index (χ0n) is 28.1. The fourth-order valence-corrected chi connectivity index (χ4v) is 5.52. The predicted molar refractivity (Wildman–Crippen MR) is 181 cm³/mol. The fourth-order valence-electron chi connectivity index (χ4n) is 5.52. The molecule has 0 aliphatic carbocycles. The lowest BCUT2D eigenvalue weighted by Crippen LogP contribution is -2.49. The van der Waals surface area contributed by atoms with Crippen LogP contribution in [-0.4, -0.2) is 78.3 Å². The number of hydrogen-bond donors (Lipinski definition) is 1. The van der Waals surface area contributed by atoms with Crippen LogP contribution < -0.4 is 19.7 Å². The number of piperazine rings is 1. The van der Waals surface area contributed by atoms with Crippen molar-refractivity contribution in [2.45, 2.75) is 40.7 Å². The van der Waals surface area contributed by atoms with Crippen LogP contribution >= 0.6 is 0 Å². The summed E-state index contributed by atoms with van der Waals surface area (Å²) < 4.78 is 54.6. The van der Waals surface area contributed by atoms with Gasteiger partial charge in [-0.2, -0.15) is 4.98 Å². The van der Waals surface area contributed by atoms with Gasteiger partial charge >= 0.3 is 6.09 Å². The molecule has 1 aromatic heterocycles. The highest BCUT2D eigenvalue weighted by Gasteiger charge is 2.21. The van der Waals surface area contributed by atoms with E-state index in [-0.39, 0.29) is 23.3 Å². The van der Waals surface area contributed by atoms with E-state index < -0.39 is 23.5 Å². The van der Waals surface area contributed by atoms with Crippen LogP contribution in [0.4, 0.5) is 35.3 Å². The largest absolute Gasteiger partial charge is 0.489 e. The van der Waals surface area contributed by atoms with Crippen LogP contribution in [0.1, 0.15) is 30.5 Å². The van der Waals surface area contributed by atoms with Gasteiger partial charge < -0.3 is 14.8 Å². The van der Waals surface area contributed by atoms with Gasteiger partial charge in [-0.15, -0.1) is 0 Å². The Balaban J connectivity index is 1.34. The quantitative estimate of drug-likeness (QED) is 0.190. The Hall–Kier alpha value is -4.68. The summed E-state index contributed by atoms with van der Waals surface area (Å²) in [7, 11) is 1.26. The monoisotopic (exact) mass is 662 g/mol. The molecule has 0 radical (unpaired) electrons. The van der Waals surface area contributed by atoms with Gasteiger partial charge in [0.15, 0.2) is 11.6 Å². The molecule has 1 aliphatic rings. The number of rotatable bonds is 10. The first-order chi connectivity index (χ1) is 22.9. The summed E-state index contributed by atoms with van der Waals surface area (Å²) in [4.78, 5) is 27.6. The summed E-state index contributed by atoms with van der Waals surface area (Å²) >= 11 is 0. The van der Waals surface area contributed by atoms with Crippen molar-refractivity contribution in [1.29, 1.82) is 0 Å². The van der Waals surface area contributed by atoms with Crippen molar-refractivity contribution in [3.8, 4) is 22.9 Å². The predicted octanol–water partition coefficient (Wildman–Crippen LogP) is 7.27. The average molecular weight is 663 g/mol. The van der Waals surface area contributed by atoms with Gasteiger partial charge in [0, 0.05) is 75.3 Å². The summed E-state index contributed by atoms with van der Waals surface area (Å²) in [6.07, 6.45) is -0.999. The van der Waals surface area contributed by atoms with E-state index in [2.05, 4.69) is 38.9 Å². The molecule has 0 saturated carbocycles. The van der Waals surface area contributed by atoms with E-state index in [4.69, 9.17) is 9.47 Å². The van der Waals surface area contributed by atoms with Crippen molar-refractivity contribution in [3.63, 3.8) is 0 Å². The first-order valence-electron chi connectivity index (χ1n) is 15.9. The van der Waals surface area contributed by atoms with Gasteiger partial charge in [-0.05, 0) is 75.6 Å². The third-order valence-electron chi connectivity index (χ3n) is 8.76. The van der Waals surface area contributed by atoms with E-state index in [0.29, 0.717) is 30.6 Å². The van der Waals surface area contributed by atoms with E-state index >= 15 is 4.39 Å². The van der Waals surface area contributed by atoms with E-state index in [9.17, 15) is 13.6 Å². The van der Waals surface area contributed by atoms with Gasteiger partial charge in [-0.25, -0.2) is 22.9 Å². The molecule has 5 rings (SSSR count). The molecular weight excluding hydrogens is 621 g/mol. The lowest BCUT2D eigenvalue weighted by molar-refractivity contribution is 0.0965. The molecule has 1 amide bonds. The minimum absolute atomic E-state index is 0.0288. The van der Waals surface area contributed by atoms with Crippen LogP contribution in [0.15, 0.2) is 54.6 Å². The Morgan fingerprint density at radius 1 is 0.917 bits per heavy atom. The van der Waals surface area contributed by atoms with Gasteiger partial charge in [0.05, 0.1) is 11.4 Å². The zero-order chi connectivity index (χ0) is 34.5. The SMILES string of the molecule is Cc1ccc(-c2cc(OC(=O)N(C)c3cc(F)ccc3F)nc(Nc3ccc(OCCN4CCN(C(C)C)CC4)c(F)c3)n2)c(C)c1C. The molecule has 1 fully saturated rings. The standard InChI is InChI=1S/C36H41F3N6O3/c1-22(2)45-15-13-44(14-16-45)17-18-47-33-12-9-27(20-30(33)39)40-35-41-31(28-10-7-23(3)24(4)25(28)5)21-34(42-35)48-36(46)43(6)32-19-26(37)8-11-29(32)38/h7-12,19-22H,13-18H2,1-6H3,(H,40,41,42). The fraction of sp³-hybridized carbons (Fsp3) is 0.361. The molecule has 9 nitrogen and oxygen atoms in total. The smallest absolute Gasteiger partial charge is 0.420 e. The highest BCUT2D eigenvalue weighted by molar-refractivity contribution is 5.88. The Kier molecular flexibility index (Phi) is 10.9. The number of nitrogens with zero attached hydrogens (tertiary/aromatic N) is 5. The first-order valence-corrected chi connectivity index (χ1v) is 15.9. The summed E-state index contributed by atoms with van der Waals surface area (Å²) in [5, 5.41) is 2.99. The minimum Gasteiger partial charge on any atom is -0.489 e. The summed E-state index contributed by atoms with van der Waals surface area (Å²) in [6, 6.07) is 13.1. The maximum absolute atomic E-state index is 15.1. The second kappa shape index (κ2) is 15.0. The number of ether oxygens (including phenoxy) is 2. The molecule has 0 spiro atoms. The molecule has 12 heteroatoms. The maximum atomic E-state index is 15.1. The minimum atomic E-state index is -0.999. The Morgan fingerprint density at radius 3 is 2.38 bits per heavy atom. The highest BCUT2D eigenvalue weighted by atomic mass is 19.1. The number of carbonyl (C=O) groups is 1. The summed E-state index contributed by atoms with van der Waals surface area (Å²) in [5.74, 6) is -2.06. The third-order valence-corrected chi connectivity index (χ3v) is 8.76. The van der Waals surface area contributed by atoms with Gasteiger partial charge in [0.25, 0.3) is 0 Å². The van der Waals surface area contributed by atoms with Crippen LogP contribution in [0.25, 0.3) is 11.3 Å². The molecule has 1 N–H and O–H groups in total. The van der Waals surface area contributed by atoms with Gasteiger partial charge in [0.1, 0.15) is 18.2 Å². The molecule has 48 heavy (non-hydrogen) atoms. The van der Waals surface area contributed by atoms with Gasteiger partial charge in [-0.3, -0.25) is 14.7 Å². The first kappa shape index (κ1) is 34.6. The lowest BCUT2D eigenvalue weighted by atomic mass is 9.97. The number of aryl methyl sites for hydroxylation is 1. The molecule has 254 valence electrons. The number of anilines is 3. The molecule has 0 atom stereocenters. The highest BCUT2D eigenvalue weighted by Crippen LogP contribution is 2.31. The lowest BCUT2D eigenvalue weighted by Gasteiger charge is -2.36. The van der Waals surface area contributed by atoms with Crippen molar-refractivity contribution >= 4 is 23.4 Å². The molecule has 1 saturated heterocycles. The van der Waals surface area contributed by atoms with Crippen molar-refractivity contribution in [1.82, 2.24) is 19.8 Å². The Bertz CT molecular complexity index is 1780. The number of amides is 1. The van der Waals surface area contributed by atoms with Gasteiger partial charge in [-0.1, -0.05) is 12.1 Å². The normalized spacial score (nSPS) is 13.9. The average Bonchev–Trinajstić information content (AvgIpc) is 3.05. The van der Waals surface area contributed by atoms with Crippen LogP contribution in [0.5, 0.6) is 11.6 Å². The van der Waals surface area contributed by atoms with E-state index in [1.54, 1.807) is 6.07 Å². The molecule has 0 bridgehead atoms. The second-order valence-electron chi connectivity index (χ2n) is 12.2. The topological polar surface area (TPSA) is 83.1 Å². The Labute approximate surface area is 279 Å².